The molecule has 0 bridgehead atoms. The average Bonchev–Trinajstić information content (AvgIpc) is 2.77. The SMILES string of the molecule is Nc1c(-c2ccc(F)cc2)nn(-c2ccccc2)c1N. The monoisotopic (exact) mass is 268 g/mol. The molecule has 1 heterocycles. The number of rotatable bonds is 2. The lowest BCUT2D eigenvalue weighted by atomic mass is 10.1. The molecule has 0 radical (unpaired) electrons. The van der Waals surface area contributed by atoms with E-state index >= 15 is 0 Å². The highest BCUT2D eigenvalue weighted by molar-refractivity contribution is 5.81. The molecule has 4 N–H and O–H groups in total. The maximum absolute atomic E-state index is 13.0. The van der Waals surface area contributed by atoms with E-state index in [1.807, 2.05) is 30.3 Å². The summed E-state index contributed by atoms with van der Waals surface area (Å²) in [7, 11) is 0. The fourth-order valence-corrected chi connectivity index (χ4v) is 2.03. The number of hydrogen-bond donors (Lipinski definition) is 2. The highest BCUT2D eigenvalue weighted by Gasteiger charge is 2.15. The second-order valence-electron chi connectivity index (χ2n) is 4.40. The number of aromatic nitrogens is 2. The normalized spacial score (nSPS) is 10.7. The quantitative estimate of drug-likeness (QED) is 0.750. The largest absolute Gasteiger partial charge is 0.394 e. The first-order valence-corrected chi connectivity index (χ1v) is 6.12. The molecule has 0 aliphatic rings. The van der Waals surface area contributed by atoms with E-state index in [2.05, 4.69) is 5.10 Å². The number of benzene rings is 2. The van der Waals surface area contributed by atoms with Gasteiger partial charge in [-0.2, -0.15) is 5.10 Å². The predicted molar refractivity (Wildman–Crippen MR) is 77.8 cm³/mol. The molecular weight excluding hydrogens is 255 g/mol. The van der Waals surface area contributed by atoms with Crippen LogP contribution >= 0.6 is 0 Å². The van der Waals surface area contributed by atoms with Crippen LogP contribution < -0.4 is 11.5 Å². The van der Waals surface area contributed by atoms with Gasteiger partial charge in [0, 0.05) is 5.56 Å². The second kappa shape index (κ2) is 4.70. The summed E-state index contributed by atoms with van der Waals surface area (Å²) >= 11 is 0. The maximum Gasteiger partial charge on any atom is 0.151 e. The lowest BCUT2D eigenvalue weighted by Crippen LogP contribution is -2.02. The first-order chi connectivity index (χ1) is 9.66. The average molecular weight is 268 g/mol. The van der Waals surface area contributed by atoms with E-state index in [1.54, 1.807) is 16.8 Å². The molecule has 20 heavy (non-hydrogen) atoms. The van der Waals surface area contributed by atoms with Crippen LogP contribution in [0.25, 0.3) is 16.9 Å². The van der Waals surface area contributed by atoms with Crippen molar-refractivity contribution < 1.29 is 4.39 Å². The summed E-state index contributed by atoms with van der Waals surface area (Å²) in [6, 6.07) is 15.5. The molecule has 3 aromatic rings. The van der Waals surface area contributed by atoms with Crippen LogP contribution in [0.1, 0.15) is 0 Å². The summed E-state index contributed by atoms with van der Waals surface area (Å²) in [5.74, 6) is 0.0679. The van der Waals surface area contributed by atoms with Gasteiger partial charge in [0.25, 0.3) is 0 Å². The molecule has 0 fully saturated rings. The molecule has 5 heteroatoms. The van der Waals surface area contributed by atoms with Crippen LogP contribution in [-0.4, -0.2) is 9.78 Å². The Bertz CT molecular complexity index is 733. The molecule has 0 saturated heterocycles. The third-order valence-corrected chi connectivity index (χ3v) is 3.08. The zero-order chi connectivity index (χ0) is 14.1. The third kappa shape index (κ3) is 1.99. The fourth-order valence-electron chi connectivity index (χ4n) is 2.03. The highest BCUT2D eigenvalue weighted by atomic mass is 19.1. The Morgan fingerprint density at radius 3 is 2.20 bits per heavy atom. The Kier molecular flexibility index (Phi) is 2.87. The van der Waals surface area contributed by atoms with Gasteiger partial charge in [0.15, 0.2) is 5.82 Å². The summed E-state index contributed by atoms with van der Waals surface area (Å²) < 4.78 is 14.5. The van der Waals surface area contributed by atoms with Crippen molar-refractivity contribution in [1.29, 1.82) is 0 Å². The molecule has 4 nitrogen and oxygen atoms in total. The Hall–Kier alpha value is -2.82. The van der Waals surface area contributed by atoms with Crippen LogP contribution in [0, 0.1) is 5.82 Å². The van der Waals surface area contributed by atoms with Gasteiger partial charge < -0.3 is 11.5 Å². The van der Waals surface area contributed by atoms with Gasteiger partial charge in [-0.1, -0.05) is 18.2 Å². The van der Waals surface area contributed by atoms with Gasteiger partial charge in [0.1, 0.15) is 17.2 Å². The fraction of sp³-hybridized carbons (Fsp3) is 0. The first-order valence-electron chi connectivity index (χ1n) is 6.12. The molecule has 100 valence electrons. The van der Waals surface area contributed by atoms with Crippen LogP contribution in [-0.2, 0) is 0 Å². The van der Waals surface area contributed by atoms with Crippen LogP contribution in [0.15, 0.2) is 54.6 Å². The van der Waals surface area contributed by atoms with Crippen LogP contribution in [0.2, 0.25) is 0 Å². The Labute approximate surface area is 115 Å². The Morgan fingerprint density at radius 1 is 0.900 bits per heavy atom. The van der Waals surface area contributed by atoms with Gasteiger partial charge in [-0.15, -0.1) is 0 Å². The van der Waals surface area contributed by atoms with E-state index < -0.39 is 0 Å². The Balaban J connectivity index is 2.13. The molecule has 0 aliphatic heterocycles. The van der Waals surface area contributed by atoms with Crippen LogP contribution in [0.5, 0.6) is 0 Å². The van der Waals surface area contributed by atoms with Gasteiger partial charge in [0.05, 0.1) is 5.69 Å². The lowest BCUT2D eigenvalue weighted by molar-refractivity contribution is 0.628. The molecule has 0 atom stereocenters. The molecule has 3 rings (SSSR count). The van der Waals surface area contributed by atoms with Crippen LogP contribution in [0.4, 0.5) is 15.9 Å². The topological polar surface area (TPSA) is 69.9 Å². The van der Waals surface area contributed by atoms with Crippen molar-refractivity contribution in [2.24, 2.45) is 0 Å². The second-order valence-corrected chi connectivity index (χ2v) is 4.40. The van der Waals surface area contributed by atoms with Crippen molar-refractivity contribution in [1.82, 2.24) is 9.78 Å². The zero-order valence-electron chi connectivity index (χ0n) is 10.6. The molecule has 0 saturated carbocycles. The molecule has 2 aromatic carbocycles. The van der Waals surface area contributed by atoms with Gasteiger partial charge in [-0.05, 0) is 36.4 Å². The lowest BCUT2D eigenvalue weighted by Gasteiger charge is -2.02. The number of para-hydroxylation sites is 1. The predicted octanol–water partition coefficient (Wildman–Crippen LogP) is 2.84. The number of nitrogen functional groups attached to an aromatic ring is 2. The first kappa shape index (κ1) is 12.2. The summed E-state index contributed by atoms with van der Waals surface area (Å²) in [6.45, 7) is 0. The van der Waals surface area contributed by atoms with E-state index in [1.165, 1.54) is 12.1 Å². The molecule has 1 aromatic heterocycles. The van der Waals surface area contributed by atoms with Crippen molar-refractivity contribution in [3.8, 4) is 16.9 Å². The Morgan fingerprint density at radius 2 is 1.55 bits per heavy atom. The molecule has 0 unspecified atom stereocenters. The van der Waals surface area contributed by atoms with Gasteiger partial charge in [-0.25, -0.2) is 9.07 Å². The number of halogens is 1. The van der Waals surface area contributed by atoms with Crippen molar-refractivity contribution in [3.05, 3.63) is 60.4 Å². The third-order valence-electron chi connectivity index (χ3n) is 3.08. The molecular formula is C15H13FN4. The smallest absolute Gasteiger partial charge is 0.151 e. The van der Waals surface area contributed by atoms with E-state index in [0.29, 0.717) is 17.2 Å². The number of hydrogen-bond acceptors (Lipinski definition) is 3. The van der Waals surface area contributed by atoms with Crippen molar-refractivity contribution >= 4 is 11.5 Å². The van der Waals surface area contributed by atoms with E-state index in [9.17, 15) is 4.39 Å². The molecule has 0 spiro atoms. The van der Waals surface area contributed by atoms with Crippen LogP contribution in [0.3, 0.4) is 0 Å². The van der Waals surface area contributed by atoms with E-state index in [-0.39, 0.29) is 5.82 Å². The van der Waals surface area contributed by atoms with Crippen molar-refractivity contribution in [3.63, 3.8) is 0 Å². The molecule has 0 aliphatic carbocycles. The standard InChI is InChI=1S/C15H13FN4/c16-11-8-6-10(7-9-11)14-13(17)15(18)20(19-14)12-4-2-1-3-5-12/h1-9H,17-18H2. The van der Waals surface area contributed by atoms with Crippen molar-refractivity contribution in [2.75, 3.05) is 11.5 Å². The zero-order valence-corrected chi connectivity index (χ0v) is 10.6. The molecule has 0 amide bonds. The minimum atomic E-state index is -0.303. The highest BCUT2D eigenvalue weighted by Crippen LogP contribution is 2.31. The maximum atomic E-state index is 13.0. The summed E-state index contributed by atoms with van der Waals surface area (Å²) in [5.41, 5.74) is 14.5. The van der Waals surface area contributed by atoms with Crippen molar-refractivity contribution in [2.45, 2.75) is 0 Å². The summed E-state index contributed by atoms with van der Waals surface area (Å²) in [6.07, 6.45) is 0. The number of nitrogens with two attached hydrogens (primary N) is 2. The van der Waals surface area contributed by atoms with Gasteiger partial charge in [-0.3, -0.25) is 0 Å². The summed E-state index contributed by atoms with van der Waals surface area (Å²) in [5, 5.41) is 4.42. The summed E-state index contributed by atoms with van der Waals surface area (Å²) in [4.78, 5) is 0. The van der Waals surface area contributed by atoms with E-state index in [0.717, 1.165) is 11.3 Å². The number of anilines is 2. The van der Waals surface area contributed by atoms with E-state index in [4.69, 9.17) is 11.5 Å². The minimum absolute atomic E-state index is 0.303. The minimum Gasteiger partial charge on any atom is -0.394 e. The number of nitrogens with zero attached hydrogens (tertiary/aromatic N) is 2. The van der Waals surface area contributed by atoms with Gasteiger partial charge >= 0.3 is 0 Å². The van der Waals surface area contributed by atoms with Gasteiger partial charge in [0.2, 0.25) is 0 Å².